The average Bonchev–Trinajstić information content (AvgIpc) is 0.668. The first kappa shape index (κ1) is 133. The van der Waals surface area contributed by atoms with E-state index in [0.29, 0.717) is 39.3 Å². The fourth-order valence-electron chi connectivity index (χ4n) is 8.44. The third-order valence-corrected chi connectivity index (χ3v) is 11.1. The molecule has 1 aromatic carbocycles. The van der Waals surface area contributed by atoms with Gasteiger partial charge in [0.1, 0.15) is 0 Å². The molecule has 12 nitrogen and oxygen atoms in total. The van der Waals surface area contributed by atoms with Crippen molar-refractivity contribution in [2.24, 2.45) is 0 Å². The SMILES string of the molecule is CC#N.CC#N.CC#N.CCc1c(CN(Cc2ccccn2)Cc2ccccn2)c(CC)c(CN(Cc2ccccn2)Cc2ccccn2)c(CC)c1CN(Cc1ccccn1)Cc1ccccn1.ClCCl.ClCCl.ClCCl.ClCCl.ClCCl.ClCCl.ClCCl.F[P-](F)(F)(F)(F)F.F[P-](F)(F)(F)(F)F.F[P-](F)(F)(F)(F)F.[Cu+].[Cu+].[Cu+]. The summed E-state index contributed by atoms with van der Waals surface area (Å²) in [5.74, 6) is 0. The zero-order valence-corrected chi connectivity index (χ0v) is 76.6. The van der Waals surface area contributed by atoms with Crippen LogP contribution in [0.5, 0.6) is 0 Å². The third kappa shape index (κ3) is 104. The van der Waals surface area contributed by atoms with E-state index < -0.39 is 23.4 Å². The number of hydrogen-bond acceptors (Lipinski definition) is 12. The molecule has 0 atom stereocenters. The van der Waals surface area contributed by atoms with Gasteiger partial charge in [0.15, 0.2) is 0 Å². The summed E-state index contributed by atoms with van der Waals surface area (Å²) in [4.78, 5) is 36.3. The van der Waals surface area contributed by atoms with Crippen molar-refractivity contribution >= 4 is 186 Å². The van der Waals surface area contributed by atoms with Crippen LogP contribution in [0.1, 0.15) is 109 Å². The number of benzene rings is 1. The Morgan fingerprint density at radius 3 is 0.439 bits per heavy atom. The summed E-state index contributed by atoms with van der Waals surface area (Å²) in [6, 6.07) is 42.4. The number of hydrogen-bond donors (Lipinski definition) is 0. The second-order valence-corrected chi connectivity index (χ2v) is 31.0. The Morgan fingerprint density at radius 1 is 0.254 bits per heavy atom. The molecule has 114 heavy (non-hydrogen) atoms. The van der Waals surface area contributed by atoms with Gasteiger partial charge in [0.05, 0.1) is 89.7 Å². The summed E-state index contributed by atoms with van der Waals surface area (Å²) in [7, 11) is -32.0. The fourth-order valence-corrected chi connectivity index (χ4v) is 8.44. The number of pyridine rings is 6. The number of aromatic nitrogens is 6. The van der Waals surface area contributed by atoms with Crippen molar-refractivity contribution in [3.8, 4) is 18.2 Å². The Bertz CT molecular complexity index is 3030. The molecule has 0 saturated heterocycles. The maximum absolute atomic E-state index is 10.7. The van der Waals surface area contributed by atoms with E-state index in [2.05, 4.69) is 108 Å². The van der Waals surface area contributed by atoms with Gasteiger partial charge in [-0.3, -0.25) is 44.6 Å². The maximum atomic E-state index is 9.87. The molecule has 0 amide bonds. The Hall–Kier alpha value is -1.88. The topological polar surface area (TPSA) is 158 Å². The quantitative estimate of drug-likeness (QED) is 0.0291. The minimum absolute atomic E-state index is 0. The van der Waals surface area contributed by atoms with E-state index in [1.807, 2.05) is 73.6 Å². The standard InChI is InChI=1S/C51H57N9.3C2H3N.7CH2Cl2.3Cu.3F6P/c1-4-46-49(37-58(31-40-19-7-13-25-52-40)32-41-20-8-14-26-53-41)47(5-2)51(39-60(35-44-23-11-17-29-56-44)36-45-24-12-18-30-57-45)48(6-3)50(46)38-59(33-42-21-9-15-27-54-42)34-43-22-10-16-28-55-43;3*1-2-3;7*2-1-3;;;;3*1-7(2,3,4,5)6/h7-30H,4-6,31-39H2,1-3H3;3*1H3;7*1H2;;;;;;/q;;;;;;;;;;;3*+1;3*-1. The third-order valence-electron chi connectivity index (χ3n) is 11.1. The number of alkyl halides is 14. The van der Waals surface area contributed by atoms with E-state index >= 15 is 0 Å². The van der Waals surface area contributed by atoms with Crippen molar-refractivity contribution in [1.82, 2.24) is 44.6 Å². The predicted molar refractivity (Wildman–Crippen MR) is 429 cm³/mol. The molecular weight excluding hydrogens is 2060 g/mol. The van der Waals surface area contributed by atoms with Crippen LogP contribution in [0.4, 0.5) is 75.5 Å². The number of halogens is 32. The van der Waals surface area contributed by atoms with Crippen molar-refractivity contribution < 1.29 is 127 Å². The van der Waals surface area contributed by atoms with Crippen molar-refractivity contribution in [2.45, 2.75) is 120 Å². The van der Waals surface area contributed by atoms with Crippen LogP contribution in [0.2, 0.25) is 0 Å². The number of rotatable bonds is 21. The molecule has 7 rings (SSSR count). The van der Waals surface area contributed by atoms with Crippen molar-refractivity contribution in [1.29, 1.82) is 15.8 Å². The first-order valence-electron chi connectivity index (χ1n) is 30.3. The molecule has 0 aliphatic rings. The molecule has 0 fully saturated rings. The molecule has 0 saturated carbocycles. The van der Waals surface area contributed by atoms with Gasteiger partial charge < -0.3 is 0 Å². The molecule has 0 aliphatic heterocycles. The van der Waals surface area contributed by atoms with E-state index in [-0.39, 0.29) is 88.6 Å². The van der Waals surface area contributed by atoms with Crippen LogP contribution in [0.3, 0.4) is 0 Å². The normalized spacial score (nSPS) is 11.6. The monoisotopic (exact) mass is 2130 g/mol. The van der Waals surface area contributed by atoms with Gasteiger partial charge in [0.2, 0.25) is 0 Å². The molecule has 50 heteroatoms. The molecule has 0 N–H and O–H groups in total. The van der Waals surface area contributed by atoms with Crippen molar-refractivity contribution in [3.05, 3.63) is 214 Å². The first-order chi connectivity index (χ1) is 51.1. The Labute approximate surface area is 755 Å². The second-order valence-electron chi connectivity index (χ2n) is 19.5. The molecule has 0 spiro atoms. The smallest absolute Gasteiger partial charge is 1.00 e. The molecular formula is C64H80Cl14Cu3F18N12P3. The molecule has 0 unspecified atom stereocenters. The zero-order chi connectivity index (χ0) is 87.7. The summed E-state index contributed by atoms with van der Waals surface area (Å²) < 4.78 is 178. The minimum Gasteiger partial charge on any atom is 1.00 e. The van der Waals surface area contributed by atoms with Crippen LogP contribution in [0.15, 0.2) is 146 Å². The molecule has 7 aromatic rings. The molecule has 6 heterocycles. The van der Waals surface area contributed by atoms with Gasteiger partial charge in [0, 0.05) is 117 Å². The fraction of sp³-hybridized carbons (Fsp3) is 0.391. The van der Waals surface area contributed by atoms with Crippen molar-refractivity contribution in [3.63, 3.8) is 0 Å². The van der Waals surface area contributed by atoms with Gasteiger partial charge in [-0.25, -0.2) is 0 Å². The first-order valence-corrected chi connectivity index (χ1v) is 43.9. The van der Waals surface area contributed by atoms with Crippen LogP contribution in [-0.4, -0.2) is 82.0 Å². The van der Waals surface area contributed by atoms with E-state index in [1.165, 1.54) is 54.2 Å². The molecule has 0 aliphatic carbocycles. The van der Waals surface area contributed by atoms with E-state index in [9.17, 15) is 75.5 Å². The van der Waals surface area contributed by atoms with Crippen LogP contribution in [-0.2, 0) is 129 Å². The summed E-state index contributed by atoms with van der Waals surface area (Å²) in [6.07, 6.45) is 14.1. The Morgan fingerprint density at radius 2 is 0.360 bits per heavy atom. The zero-order valence-electron chi connectivity index (χ0n) is 60.5. The van der Waals surface area contributed by atoms with E-state index in [0.717, 1.165) is 73.1 Å². The van der Waals surface area contributed by atoms with Gasteiger partial charge >= 0.3 is 150 Å². The minimum atomic E-state index is -10.7. The molecule has 0 bridgehead atoms. The van der Waals surface area contributed by atoms with Crippen LogP contribution < -0.4 is 0 Å². The summed E-state index contributed by atoms with van der Waals surface area (Å²) >= 11 is 66.7. The van der Waals surface area contributed by atoms with Gasteiger partial charge in [-0.1, -0.05) is 57.2 Å². The van der Waals surface area contributed by atoms with Crippen LogP contribution in [0.25, 0.3) is 0 Å². The Balaban J connectivity index is -0.000000204. The second kappa shape index (κ2) is 68.6. The van der Waals surface area contributed by atoms with E-state index in [4.69, 9.17) is 208 Å². The van der Waals surface area contributed by atoms with Crippen molar-refractivity contribution in [2.75, 3.05) is 37.4 Å². The Kier molecular flexibility index (Phi) is 79.9. The predicted octanol–water partition coefficient (Wildman–Crippen LogP) is 31.0. The summed E-state index contributed by atoms with van der Waals surface area (Å²) in [5.41, 5.74) is 14.8. The van der Waals surface area contributed by atoms with Gasteiger partial charge in [-0.15, -0.1) is 162 Å². The number of nitriles is 3. The van der Waals surface area contributed by atoms with Gasteiger partial charge in [0.25, 0.3) is 0 Å². The summed E-state index contributed by atoms with van der Waals surface area (Å²) in [5, 5.41) is 23.3. The largest absolute Gasteiger partial charge is 1.00 e. The maximum Gasteiger partial charge on any atom is 1.00 e. The van der Waals surface area contributed by atoms with Gasteiger partial charge in [-0.05, 0) is 125 Å². The number of nitrogens with zero attached hydrogens (tertiary/aromatic N) is 12. The van der Waals surface area contributed by atoms with Crippen LogP contribution in [0, 0.1) is 34.0 Å². The summed E-state index contributed by atoms with van der Waals surface area (Å²) in [6.45, 7) is 17.8. The van der Waals surface area contributed by atoms with E-state index in [1.54, 1.807) is 18.2 Å². The molecule has 668 valence electrons. The molecule has 0 radical (unpaired) electrons. The average molecular weight is 2140 g/mol. The van der Waals surface area contributed by atoms with Crippen LogP contribution >= 0.6 is 186 Å². The van der Waals surface area contributed by atoms with Gasteiger partial charge in [-0.2, -0.15) is 15.8 Å². The molecule has 6 aromatic heterocycles.